The number of aryl methyl sites for hydroxylation is 1. The molecule has 0 spiro atoms. The van der Waals surface area contributed by atoms with Crippen LogP contribution in [0.2, 0.25) is 0 Å². The van der Waals surface area contributed by atoms with Crippen LogP contribution in [0.3, 0.4) is 0 Å². The maximum atomic E-state index is 11.7. The summed E-state index contributed by atoms with van der Waals surface area (Å²) in [4.78, 5) is 29.0. The Kier molecular flexibility index (Phi) is 5.62. The Morgan fingerprint density at radius 2 is 1.55 bits per heavy atom. The summed E-state index contributed by atoms with van der Waals surface area (Å²) in [6.07, 6.45) is 7.19. The van der Waals surface area contributed by atoms with E-state index in [1.807, 2.05) is 31.5 Å². The third-order valence-electron chi connectivity index (χ3n) is 4.68. The van der Waals surface area contributed by atoms with Crippen LogP contribution in [0.4, 0.5) is 0 Å². The summed E-state index contributed by atoms with van der Waals surface area (Å²) >= 11 is 0. The van der Waals surface area contributed by atoms with Crippen molar-refractivity contribution < 1.29 is 0 Å². The van der Waals surface area contributed by atoms with Gasteiger partial charge in [-0.25, -0.2) is 14.6 Å². The van der Waals surface area contributed by atoms with Crippen LogP contribution in [0.15, 0.2) is 66.0 Å². The highest BCUT2D eigenvalue weighted by atomic mass is 16.1. The number of nitrogens with one attached hydrogen (secondary N) is 2. The van der Waals surface area contributed by atoms with Gasteiger partial charge in [-0.2, -0.15) is 5.10 Å². The van der Waals surface area contributed by atoms with E-state index in [9.17, 15) is 4.79 Å². The van der Waals surface area contributed by atoms with Gasteiger partial charge in [-0.15, -0.1) is 0 Å². The largest absolute Gasteiger partial charge is 0.348 e. The van der Waals surface area contributed by atoms with Crippen molar-refractivity contribution >= 4 is 0 Å². The summed E-state index contributed by atoms with van der Waals surface area (Å²) in [5, 5.41) is 4.42. The van der Waals surface area contributed by atoms with Gasteiger partial charge in [-0.05, 0) is 18.6 Å². The van der Waals surface area contributed by atoms with Gasteiger partial charge in [0.25, 0.3) is 5.56 Å². The number of aromatic nitrogens is 6. The predicted molar refractivity (Wildman–Crippen MR) is 110 cm³/mol. The number of imidazole rings is 2. The van der Waals surface area contributed by atoms with E-state index in [0.29, 0.717) is 19.6 Å². The van der Waals surface area contributed by atoms with Crippen molar-refractivity contribution in [2.24, 2.45) is 0 Å². The molecule has 4 aromatic rings. The van der Waals surface area contributed by atoms with Gasteiger partial charge in [-0.1, -0.05) is 24.3 Å². The first-order chi connectivity index (χ1) is 14.2. The molecular weight excluding hydrogens is 366 g/mol. The predicted octanol–water partition coefficient (Wildman–Crippen LogP) is 2.58. The first-order valence-electron chi connectivity index (χ1n) is 9.57. The molecule has 0 fully saturated rings. The number of rotatable bonds is 8. The van der Waals surface area contributed by atoms with Gasteiger partial charge >= 0.3 is 0 Å². The summed E-state index contributed by atoms with van der Waals surface area (Å²) in [6, 6.07) is 11.6. The lowest BCUT2D eigenvalue weighted by Crippen LogP contribution is -2.23. The molecule has 0 atom stereocenters. The number of hydrogen-bond acceptors (Lipinski definition) is 5. The molecule has 0 saturated carbocycles. The van der Waals surface area contributed by atoms with Crippen LogP contribution in [0.1, 0.15) is 24.1 Å². The highest BCUT2D eigenvalue weighted by Gasteiger charge is 2.11. The maximum Gasteiger partial charge on any atom is 0.266 e. The highest BCUT2D eigenvalue weighted by Crippen LogP contribution is 2.18. The van der Waals surface area contributed by atoms with Gasteiger partial charge in [0.1, 0.15) is 11.6 Å². The van der Waals surface area contributed by atoms with Crippen LogP contribution in [0.5, 0.6) is 0 Å². The van der Waals surface area contributed by atoms with Crippen LogP contribution in [0, 0.1) is 0 Å². The lowest BCUT2D eigenvalue weighted by molar-refractivity contribution is 0.236. The standard InChI is InChI=1S/C21H23N7O/c1-2-28-21(29)8-7-18(26-28)17-5-3-16(4-6-17)13-27(14-19-22-9-10-23-19)15-20-24-11-12-25-20/h3-12H,2,13-15H2,1H3,(H,22,23)(H,24,25). The molecule has 0 aliphatic rings. The van der Waals surface area contributed by atoms with Crippen LogP contribution < -0.4 is 5.56 Å². The molecule has 148 valence electrons. The van der Waals surface area contributed by atoms with E-state index in [2.05, 4.69) is 42.1 Å². The first-order valence-corrected chi connectivity index (χ1v) is 9.57. The minimum absolute atomic E-state index is 0.0839. The van der Waals surface area contributed by atoms with Crippen molar-refractivity contribution in [1.82, 2.24) is 34.6 Å². The maximum absolute atomic E-state index is 11.7. The summed E-state index contributed by atoms with van der Waals surface area (Å²) in [5.41, 5.74) is 2.87. The third-order valence-corrected chi connectivity index (χ3v) is 4.68. The first kappa shape index (κ1) is 18.8. The van der Waals surface area contributed by atoms with E-state index in [4.69, 9.17) is 0 Å². The van der Waals surface area contributed by atoms with Gasteiger partial charge in [0, 0.05) is 49.5 Å². The van der Waals surface area contributed by atoms with Crippen molar-refractivity contribution in [2.45, 2.75) is 33.1 Å². The molecule has 0 radical (unpaired) electrons. The minimum Gasteiger partial charge on any atom is -0.348 e. The van der Waals surface area contributed by atoms with E-state index in [-0.39, 0.29) is 5.56 Å². The second kappa shape index (κ2) is 8.66. The summed E-state index contributed by atoms with van der Waals surface area (Å²) in [6.45, 7) is 4.60. The van der Waals surface area contributed by atoms with Gasteiger partial charge < -0.3 is 9.97 Å². The Hall–Kier alpha value is -3.52. The number of benzene rings is 1. The fourth-order valence-electron chi connectivity index (χ4n) is 3.23. The molecule has 8 nitrogen and oxygen atoms in total. The van der Waals surface area contributed by atoms with Crippen molar-refractivity contribution in [2.75, 3.05) is 0 Å². The summed E-state index contributed by atoms with van der Waals surface area (Å²) in [7, 11) is 0. The molecule has 0 saturated heterocycles. The SMILES string of the molecule is CCn1nc(-c2ccc(CN(Cc3ncc[nH]3)Cc3ncc[nH]3)cc2)ccc1=O. The van der Waals surface area contributed by atoms with Crippen LogP contribution in [-0.2, 0) is 26.2 Å². The second-order valence-electron chi connectivity index (χ2n) is 6.79. The molecule has 0 bridgehead atoms. The van der Waals surface area contributed by atoms with Gasteiger partial charge in [0.2, 0.25) is 0 Å². The number of aromatic amines is 2. The molecule has 29 heavy (non-hydrogen) atoms. The zero-order chi connectivity index (χ0) is 20.1. The third kappa shape index (κ3) is 4.67. The van der Waals surface area contributed by atoms with E-state index in [1.165, 1.54) is 10.2 Å². The molecule has 2 N–H and O–H groups in total. The van der Waals surface area contributed by atoms with Crippen molar-refractivity contribution in [3.8, 4) is 11.3 Å². The molecule has 0 amide bonds. The van der Waals surface area contributed by atoms with Crippen molar-refractivity contribution in [3.63, 3.8) is 0 Å². The van der Waals surface area contributed by atoms with Gasteiger partial charge in [0.15, 0.2) is 0 Å². The van der Waals surface area contributed by atoms with Crippen molar-refractivity contribution in [3.05, 3.63) is 88.8 Å². The fourth-order valence-corrected chi connectivity index (χ4v) is 3.23. The Balaban J connectivity index is 1.51. The van der Waals surface area contributed by atoms with E-state index >= 15 is 0 Å². The quantitative estimate of drug-likeness (QED) is 0.483. The molecule has 8 heteroatoms. The number of H-pyrrole nitrogens is 2. The molecule has 0 aliphatic heterocycles. The van der Waals surface area contributed by atoms with E-state index in [0.717, 1.165) is 29.5 Å². The molecule has 0 aliphatic carbocycles. The van der Waals surface area contributed by atoms with E-state index in [1.54, 1.807) is 24.5 Å². The average molecular weight is 389 g/mol. The number of hydrogen-bond donors (Lipinski definition) is 2. The zero-order valence-electron chi connectivity index (χ0n) is 16.2. The monoisotopic (exact) mass is 389 g/mol. The lowest BCUT2D eigenvalue weighted by Gasteiger charge is -2.20. The summed E-state index contributed by atoms with van der Waals surface area (Å²) < 4.78 is 1.47. The Morgan fingerprint density at radius 1 is 0.897 bits per heavy atom. The molecule has 3 aromatic heterocycles. The lowest BCUT2D eigenvalue weighted by atomic mass is 10.1. The molecule has 1 aromatic carbocycles. The Labute approximate surface area is 168 Å². The normalized spacial score (nSPS) is 11.2. The minimum atomic E-state index is -0.0839. The fraction of sp³-hybridized carbons (Fsp3) is 0.238. The average Bonchev–Trinajstić information content (AvgIpc) is 3.43. The van der Waals surface area contributed by atoms with Gasteiger partial charge in [0.05, 0.1) is 18.8 Å². The molecular formula is C21H23N7O. The van der Waals surface area contributed by atoms with Crippen molar-refractivity contribution in [1.29, 1.82) is 0 Å². The van der Waals surface area contributed by atoms with Gasteiger partial charge in [-0.3, -0.25) is 9.69 Å². The summed E-state index contributed by atoms with van der Waals surface area (Å²) in [5.74, 6) is 1.83. The van der Waals surface area contributed by atoms with E-state index < -0.39 is 0 Å². The molecule has 0 unspecified atom stereocenters. The topological polar surface area (TPSA) is 95.5 Å². The molecule has 3 heterocycles. The van der Waals surface area contributed by atoms with Crippen LogP contribution in [0.25, 0.3) is 11.3 Å². The Bertz CT molecular complexity index is 1050. The molecule has 4 rings (SSSR count). The number of nitrogens with zero attached hydrogens (tertiary/aromatic N) is 5. The Morgan fingerprint density at radius 3 is 2.10 bits per heavy atom. The smallest absolute Gasteiger partial charge is 0.266 e. The van der Waals surface area contributed by atoms with Crippen LogP contribution in [-0.4, -0.2) is 34.6 Å². The zero-order valence-corrected chi connectivity index (χ0v) is 16.2. The van der Waals surface area contributed by atoms with Crippen LogP contribution >= 0.6 is 0 Å². The highest BCUT2D eigenvalue weighted by molar-refractivity contribution is 5.58. The second-order valence-corrected chi connectivity index (χ2v) is 6.79.